The molecule has 3 nitrogen and oxygen atoms in total. The largest absolute Gasteiger partial charge is 0.375 e. The summed E-state index contributed by atoms with van der Waals surface area (Å²) in [5.74, 6) is 0.853. The number of hydrogen-bond acceptors (Lipinski definition) is 3. The van der Waals surface area contributed by atoms with Crippen LogP contribution in [0.4, 0.5) is 11.5 Å². The number of anilines is 2. The van der Waals surface area contributed by atoms with Gasteiger partial charge in [-0.25, -0.2) is 4.98 Å². The minimum Gasteiger partial charge on any atom is -0.375 e. The Morgan fingerprint density at radius 1 is 0.571 bits per heavy atom. The molecule has 0 unspecified atom stereocenters. The molecule has 0 bridgehead atoms. The van der Waals surface area contributed by atoms with E-state index in [9.17, 15) is 0 Å². The summed E-state index contributed by atoms with van der Waals surface area (Å²) >= 11 is 0. The average molecular weight is 554 g/mol. The van der Waals surface area contributed by atoms with Crippen molar-refractivity contribution in [3.8, 4) is 11.1 Å². The van der Waals surface area contributed by atoms with E-state index >= 15 is 0 Å². The highest BCUT2D eigenvalue weighted by Crippen LogP contribution is 2.38. The molecule has 2 N–H and O–H groups in total. The lowest BCUT2D eigenvalue weighted by Gasteiger charge is -2.32. The molecule has 0 aliphatic rings. The first-order valence-electron chi connectivity index (χ1n) is 15.5. The molecular weight excluding hydrogens is 510 g/mol. The molecule has 0 aliphatic carbocycles. The third-order valence-corrected chi connectivity index (χ3v) is 7.86. The number of unbranched alkanes of at least 4 members (excludes halogenated alkanes) is 2. The van der Waals surface area contributed by atoms with Gasteiger partial charge in [0.15, 0.2) is 0 Å². The van der Waals surface area contributed by atoms with Gasteiger partial charge in [-0.15, -0.1) is 0 Å². The van der Waals surface area contributed by atoms with Crippen LogP contribution in [0.2, 0.25) is 0 Å². The quantitative estimate of drug-likeness (QED) is 0.144. The summed E-state index contributed by atoms with van der Waals surface area (Å²) in [4.78, 5) is 4.62. The first kappa shape index (κ1) is 29.1. The molecule has 4 aromatic carbocycles. The third kappa shape index (κ3) is 7.67. The normalized spacial score (nSPS) is 12.4. The van der Waals surface area contributed by atoms with Crippen molar-refractivity contribution in [3.63, 3.8) is 0 Å². The Balaban J connectivity index is 1.58. The van der Waals surface area contributed by atoms with Crippen LogP contribution in [0.3, 0.4) is 0 Å². The highest BCUT2D eigenvalue weighted by Gasteiger charge is 2.26. The monoisotopic (exact) mass is 553 g/mol. The van der Waals surface area contributed by atoms with Gasteiger partial charge in [-0.05, 0) is 71.7 Å². The van der Waals surface area contributed by atoms with Gasteiger partial charge in [-0.3, -0.25) is 0 Å². The fourth-order valence-corrected chi connectivity index (χ4v) is 5.64. The number of pyridine rings is 1. The summed E-state index contributed by atoms with van der Waals surface area (Å²) in [5.41, 5.74) is 8.94. The second-order valence-corrected chi connectivity index (χ2v) is 11.1. The zero-order chi connectivity index (χ0) is 29.0. The first-order chi connectivity index (χ1) is 20.7. The van der Waals surface area contributed by atoms with E-state index in [4.69, 9.17) is 0 Å². The Morgan fingerprint density at radius 3 is 1.69 bits per heavy atom. The van der Waals surface area contributed by atoms with Gasteiger partial charge in [-0.2, -0.15) is 0 Å². The predicted octanol–water partition coefficient (Wildman–Crippen LogP) is 10.4. The number of aromatic nitrogens is 1. The highest BCUT2D eigenvalue weighted by atomic mass is 15.1. The smallest absolute Gasteiger partial charge is 0.126 e. The Hall–Kier alpha value is -4.37. The minimum absolute atomic E-state index is 0.0559. The molecule has 0 fully saturated rings. The number of rotatable bonds is 14. The number of hydrogen-bond donors (Lipinski definition) is 2. The van der Waals surface area contributed by atoms with Crippen molar-refractivity contribution in [3.05, 3.63) is 150 Å². The van der Waals surface area contributed by atoms with Crippen LogP contribution in [0.5, 0.6) is 0 Å². The van der Waals surface area contributed by atoms with Crippen molar-refractivity contribution in [2.45, 2.75) is 64.5 Å². The van der Waals surface area contributed by atoms with Gasteiger partial charge < -0.3 is 10.6 Å². The molecule has 0 saturated heterocycles. The zero-order valence-corrected chi connectivity index (χ0v) is 25.0. The molecule has 0 amide bonds. The Labute approximate surface area is 252 Å². The van der Waals surface area contributed by atoms with Crippen molar-refractivity contribution < 1.29 is 0 Å². The molecule has 1 aromatic heterocycles. The van der Waals surface area contributed by atoms with Crippen LogP contribution < -0.4 is 10.6 Å². The van der Waals surface area contributed by atoms with Crippen molar-refractivity contribution in [2.75, 3.05) is 10.6 Å². The lowest BCUT2D eigenvalue weighted by atomic mass is 9.91. The summed E-state index contributed by atoms with van der Waals surface area (Å²) in [7, 11) is 0. The molecule has 5 rings (SSSR count). The molecule has 5 aromatic rings. The molecule has 0 spiro atoms. The number of nitrogens with zero attached hydrogens (tertiary/aromatic N) is 1. The van der Waals surface area contributed by atoms with Crippen molar-refractivity contribution in [1.29, 1.82) is 0 Å². The topological polar surface area (TPSA) is 37.0 Å². The van der Waals surface area contributed by atoms with E-state index in [0.717, 1.165) is 24.3 Å². The van der Waals surface area contributed by atoms with Gasteiger partial charge >= 0.3 is 0 Å². The highest BCUT2D eigenvalue weighted by molar-refractivity contribution is 5.79. The van der Waals surface area contributed by atoms with Crippen molar-refractivity contribution in [1.82, 2.24) is 4.98 Å². The van der Waals surface area contributed by atoms with E-state index in [0.29, 0.717) is 0 Å². The lowest BCUT2D eigenvalue weighted by Crippen LogP contribution is -2.26. The zero-order valence-electron chi connectivity index (χ0n) is 25.0. The van der Waals surface area contributed by atoms with Gasteiger partial charge in [0.05, 0.1) is 12.1 Å². The standard InChI is InChI=1S/C39H43N3/c1-3-5-17-30-27-31(18-6-4-2)29-34(28-30)35-23-13-14-24-36(35)41-38(32-19-9-7-10-20-32)39(33-21-11-8-12-22-33)42-37-25-15-16-26-40-37/h7-16,19-29,38-39,41H,3-6,17-18H2,1-2H3,(H,40,42)/t38-,39-/m0/s1. The van der Waals surface area contributed by atoms with Crippen LogP contribution in [0.15, 0.2) is 128 Å². The van der Waals surface area contributed by atoms with E-state index < -0.39 is 0 Å². The molecule has 1 heterocycles. The predicted molar refractivity (Wildman–Crippen MR) is 179 cm³/mol. The number of benzene rings is 4. The fourth-order valence-electron chi connectivity index (χ4n) is 5.64. The number of aryl methyl sites for hydroxylation is 2. The van der Waals surface area contributed by atoms with Gasteiger partial charge in [0.1, 0.15) is 5.82 Å². The second-order valence-electron chi connectivity index (χ2n) is 11.1. The van der Waals surface area contributed by atoms with Crippen LogP contribution in [-0.2, 0) is 12.8 Å². The SMILES string of the molecule is CCCCc1cc(CCCC)cc(-c2ccccc2N[C@@H](c2ccccc2)[C@@H](Nc2ccccn2)c2ccccc2)c1. The molecule has 3 heteroatoms. The summed E-state index contributed by atoms with van der Waals surface area (Å²) < 4.78 is 0. The molecule has 0 saturated carbocycles. The molecule has 42 heavy (non-hydrogen) atoms. The Kier molecular flexibility index (Phi) is 10.4. The summed E-state index contributed by atoms with van der Waals surface area (Å²) in [5, 5.41) is 7.78. The van der Waals surface area contributed by atoms with E-state index in [-0.39, 0.29) is 12.1 Å². The van der Waals surface area contributed by atoms with Crippen LogP contribution in [0, 0.1) is 0 Å². The van der Waals surface area contributed by atoms with E-state index in [2.05, 4.69) is 133 Å². The third-order valence-electron chi connectivity index (χ3n) is 7.86. The summed E-state index contributed by atoms with van der Waals surface area (Å²) in [6.45, 7) is 4.54. The maximum absolute atomic E-state index is 4.62. The van der Waals surface area contributed by atoms with E-state index in [1.807, 2.05) is 24.4 Å². The van der Waals surface area contributed by atoms with Crippen LogP contribution in [0.25, 0.3) is 11.1 Å². The maximum atomic E-state index is 4.62. The average Bonchev–Trinajstić information content (AvgIpc) is 3.06. The molecule has 214 valence electrons. The Morgan fingerprint density at radius 2 is 1.12 bits per heavy atom. The lowest BCUT2D eigenvalue weighted by molar-refractivity contribution is 0.647. The number of nitrogens with one attached hydrogen (secondary N) is 2. The summed E-state index contributed by atoms with van der Waals surface area (Å²) in [6, 6.07) is 43.3. The molecule has 0 aliphatic heterocycles. The van der Waals surface area contributed by atoms with Crippen LogP contribution in [-0.4, -0.2) is 4.98 Å². The fraction of sp³-hybridized carbons (Fsp3) is 0.256. The molecule has 2 atom stereocenters. The first-order valence-corrected chi connectivity index (χ1v) is 15.5. The minimum atomic E-state index is -0.0624. The van der Waals surface area contributed by atoms with E-state index in [1.54, 1.807) is 0 Å². The van der Waals surface area contributed by atoms with Gasteiger partial charge in [0.2, 0.25) is 0 Å². The number of para-hydroxylation sites is 1. The van der Waals surface area contributed by atoms with Crippen LogP contribution in [0.1, 0.15) is 73.9 Å². The Bertz CT molecular complexity index is 1470. The maximum Gasteiger partial charge on any atom is 0.126 e. The van der Waals surface area contributed by atoms with E-state index in [1.165, 1.54) is 59.1 Å². The van der Waals surface area contributed by atoms with Crippen LogP contribution >= 0.6 is 0 Å². The van der Waals surface area contributed by atoms with Gasteiger partial charge in [0.25, 0.3) is 0 Å². The second kappa shape index (κ2) is 15.0. The molecule has 0 radical (unpaired) electrons. The molecular formula is C39H43N3. The van der Waals surface area contributed by atoms with Gasteiger partial charge in [-0.1, -0.05) is 130 Å². The van der Waals surface area contributed by atoms with Crippen molar-refractivity contribution >= 4 is 11.5 Å². The van der Waals surface area contributed by atoms with Crippen molar-refractivity contribution in [2.24, 2.45) is 0 Å². The van der Waals surface area contributed by atoms with Gasteiger partial charge in [0, 0.05) is 17.4 Å². The summed E-state index contributed by atoms with van der Waals surface area (Å²) in [6.07, 6.45) is 8.91.